The van der Waals surface area contributed by atoms with Gasteiger partial charge in [-0.25, -0.2) is 0 Å². The molecule has 0 fully saturated rings. The van der Waals surface area contributed by atoms with Gasteiger partial charge < -0.3 is 15.5 Å². The van der Waals surface area contributed by atoms with E-state index in [1.165, 1.54) is 315 Å². The molecule has 0 aromatic carbocycles. The molecule has 410 valence electrons. The van der Waals surface area contributed by atoms with Crippen molar-refractivity contribution in [1.82, 2.24) is 5.32 Å². The average Bonchev–Trinajstić information content (AvgIpc) is 3.35. The number of carbonyl (C=O) groups is 1. The maximum absolute atomic E-state index is 12.5. The predicted molar refractivity (Wildman–Crippen MR) is 309 cm³/mol. The molecule has 0 spiro atoms. The minimum atomic E-state index is -0.861. The van der Waals surface area contributed by atoms with Gasteiger partial charge in [-0.05, 0) is 32.1 Å². The highest BCUT2D eigenvalue weighted by atomic mass is 16.3. The van der Waals surface area contributed by atoms with Crippen LogP contribution in [0.1, 0.15) is 367 Å². The summed E-state index contributed by atoms with van der Waals surface area (Å²) in [6, 6.07) is -0.637. The van der Waals surface area contributed by atoms with Gasteiger partial charge in [-0.2, -0.15) is 0 Å². The summed E-state index contributed by atoms with van der Waals surface area (Å²) in [7, 11) is 0. The Balaban J connectivity index is 3.44. The van der Waals surface area contributed by atoms with Crippen LogP contribution in [-0.2, 0) is 4.79 Å². The third-order valence-corrected chi connectivity index (χ3v) is 15.2. The van der Waals surface area contributed by atoms with E-state index in [1.54, 1.807) is 6.08 Å². The number of unbranched alkanes of at least 4 members (excludes halogenated alkanes) is 51. The quantitative estimate of drug-likeness (QED) is 0.0420. The number of hydrogen-bond acceptors (Lipinski definition) is 3. The molecule has 0 saturated heterocycles. The zero-order chi connectivity index (χ0) is 49.9. The van der Waals surface area contributed by atoms with Crippen LogP contribution in [-0.4, -0.2) is 34.9 Å². The second-order valence-corrected chi connectivity index (χ2v) is 22.2. The number of amides is 1. The second-order valence-electron chi connectivity index (χ2n) is 22.2. The van der Waals surface area contributed by atoms with E-state index in [0.717, 1.165) is 32.1 Å². The van der Waals surface area contributed by atoms with Crippen molar-refractivity contribution in [3.8, 4) is 0 Å². The van der Waals surface area contributed by atoms with Gasteiger partial charge in [0, 0.05) is 6.42 Å². The first-order chi connectivity index (χ1) is 34.2. The molecule has 2 unspecified atom stereocenters. The molecule has 0 aliphatic carbocycles. The Kier molecular flexibility index (Phi) is 60.2. The normalized spacial score (nSPS) is 12.8. The molecule has 2 atom stereocenters. The third-order valence-electron chi connectivity index (χ3n) is 15.2. The van der Waals surface area contributed by atoms with Crippen LogP contribution in [0.15, 0.2) is 24.3 Å². The Morgan fingerprint density at radius 2 is 0.565 bits per heavy atom. The first-order valence-electron chi connectivity index (χ1n) is 32.1. The highest BCUT2D eigenvalue weighted by Gasteiger charge is 2.18. The zero-order valence-corrected chi connectivity index (χ0v) is 47.4. The number of rotatable bonds is 60. The summed E-state index contributed by atoms with van der Waals surface area (Å²) >= 11 is 0. The summed E-state index contributed by atoms with van der Waals surface area (Å²) < 4.78 is 0. The lowest BCUT2D eigenvalue weighted by molar-refractivity contribution is -0.123. The van der Waals surface area contributed by atoms with E-state index < -0.39 is 12.1 Å². The highest BCUT2D eigenvalue weighted by Crippen LogP contribution is 2.19. The topological polar surface area (TPSA) is 69.6 Å². The fourth-order valence-corrected chi connectivity index (χ4v) is 10.3. The standard InChI is InChI=1S/C65H127NO3/c1-3-5-7-9-11-13-15-17-19-21-23-25-27-29-31-32-33-34-35-37-39-41-43-45-47-49-51-53-55-57-59-61-65(69)66-63(62-67)64(68)60-58-56-54-52-50-48-46-44-42-40-38-36-30-28-26-24-22-20-18-16-14-12-10-8-6-4-2/h50,52,58,60,63-64,67-68H,3-49,51,53-57,59,61-62H2,1-2H3,(H,66,69)/b52-50+,60-58+. The van der Waals surface area contributed by atoms with Crippen LogP contribution in [0.2, 0.25) is 0 Å². The monoisotopic (exact) mass is 970 g/mol. The van der Waals surface area contributed by atoms with E-state index in [-0.39, 0.29) is 12.5 Å². The Labute approximate surface area is 434 Å². The molecule has 0 aromatic rings. The van der Waals surface area contributed by atoms with Gasteiger partial charge in [0.05, 0.1) is 18.8 Å². The minimum absolute atomic E-state index is 0.0649. The first-order valence-corrected chi connectivity index (χ1v) is 32.1. The molecule has 0 aliphatic heterocycles. The average molecular weight is 971 g/mol. The lowest BCUT2D eigenvalue weighted by Crippen LogP contribution is -2.45. The van der Waals surface area contributed by atoms with Gasteiger partial charge in [0.15, 0.2) is 0 Å². The molecule has 4 heteroatoms. The van der Waals surface area contributed by atoms with Crippen molar-refractivity contribution in [2.45, 2.75) is 379 Å². The van der Waals surface area contributed by atoms with Crippen LogP contribution >= 0.6 is 0 Å². The molecule has 0 rings (SSSR count). The van der Waals surface area contributed by atoms with Gasteiger partial charge in [-0.15, -0.1) is 0 Å². The number of aliphatic hydroxyl groups excluding tert-OH is 2. The molecule has 1 amide bonds. The van der Waals surface area contributed by atoms with E-state index in [4.69, 9.17) is 0 Å². The molecule has 3 N–H and O–H groups in total. The van der Waals surface area contributed by atoms with Gasteiger partial charge in [-0.3, -0.25) is 4.79 Å². The molecule has 0 radical (unpaired) electrons. The van der Waals surface area contributed by atoms with Crippen molar-refractivity contribution >= 4 is 5.91 Å². The second kappa shape index (κ2) is 61.2. The lowest BCUT2D eigenvalue weighted by atomic mass is 10.0. The summed E-state index contributed by atoms with van der Waals surface area (Å²) in [5.41, 5.74) is 0. The minimum Gasteiger partial charge on any atom is -0.394 e. The van der Waals surface area contributed by atoms with Crippen molar-refractivity contribution in [1.29, 1.82) is 0 Å². The predicted octanol–water partition coefficient (Wildman–Crippen LogP) is 21.4. The first kappa shape index (κ1) is 67.9. The fourth-order valence-electron chi connectivity index (χ4n) is 10.3. The van der Waals surface area contributed by atoms with E-state index >= 15 is 0 Å². The molecule has 0 aliphatic rings. The summed E-state index contributed by atoms with van der Waals surface area (Å²) in [5.74, 6) is -0.0649. The highest BCUT2D eigenvalue weighted by molar-refractivity contribution is 5.76. The Morgan fingerprint density at radius 1 is 0.333 bits per heavy atom. The fraction of sp³-hybridized carbons (Fsp3) is 0.923. The van der Waals surface area contributed by atoms with Gasteiger partial charge in [0.25, 0.3) is 0 Å². The molecule has 0 heterocycles. The van der Waals surface area contributed by atoms with Crippen LogP contribution in [0.3, 0.4) is 0 Å². The number of allylic oxidation sites excluding steroid dienone is 3. The summed E-state index contributed by atoms with van der Waals surface area (Å²) in [4.78, 5) is 12.5. The largest absolute Gasteiger partial charge is 0.394 e. The van der Waals surface area contributed by atoms with Gasteiger partial charge in [0.2, 0.25) is 5.91 Å². The summed E-state index contributed by atoms with van der Waals surface area (Å²) in [5, 5.41) is 23.2. The SMILES string of the molecule is CCCCCCCCCCCCCCCCCCCCCC/C=C/CC/C=C/C(O)C(CO)NC(=O)CCCCCCCCCCCCCCCCCCCCCCCCCCCCCCCCC. The zero-order valence-electron chi connectivity index (χ0n) is 47.4. The van der Waals surface area contributed by atoms with Crippen molar-refractivity contribution in [2.24, 2.45) is 0 Å². The summed E-state index contributed by atoms with van der Waals surface area (Å²) in [6.45, 7) is 4.35. The lowest BCUT2D eigenvalue weighted by Gasteiger charge is -2.19. The third kappa shape index (κ3) is 57.6. The maximum Gasteiger partial charge on any atom is 0.220 e. The van der Waals surface area contributed by atoms with Crippen LogP contribution < -0.4 is 5.32 Å². The van der Waals surface area contributed by atoms with Crippen LogP contribution in [0, 0.1) is 0 Å². The van der Waals surface area contributed by atoms with Gasteiger partial charge in [-0.1, -0.05) is 353 Å². The number of carbonyl (C=O) groups excluding carboxylic acids is 1. The molecule has 0 aromatic heterocycles. The Hall–Kier alpha value is -1.13. The van der Waals surface area contributed by atoms with E-state index in [9.17, 15) is 15.0 Å². The molecule has 0 bridgehead atoms. The molecular formula is C65H127NO3. The number of nitrogens with one attached hydrogen (secondary N) is 1. The van der Waals surface area contributed by atoms with E-state index in [2.05, 4.69) is 31.3 Å². The Morgan fingerprint density at radius 3 is 0.841 bits per heavy atom. The van der Waals surface area contributed by atoms with E-state index in [1.807, 2.05) is 6.08 Å². The van der Waals surface area contributed by atoms with Gasteiger partial charge >= 0.3 is 0 Å². The molecule has 69 heavy (non-hydrogen) atoms. The maximum atomic E-state index is 12.5. The number of hydrogen-bond donors (Lipinski definition) is 3. The molecule has 0 saturated carbocycles. The van der Waals surface area contributed by atoms with Crippen LogP contribution in [0.5, 0.6) is 0 Å². The van der Waals surface area contributed by atoms with Crippen molar-refractivity contribution in [3.63, 3.8) is 0 Å². The number of aliphatic hydroxyl groups is 2. The van der Waals surface area contributed by atoms with Crippen molar-refractivity contribution in [3.05, 3.63) is 24.3 Å². The molecule has 4 nitrogen and oxygen atoms in total. The van der Waals surface area contributed by atoms with Crippen LogP contribution in [0.4, 0.5) is 0 Å². The molecular weight excluding hydrogens is 843 g/mol. The summed E-state index contributed by atoms with van der Waals surface area (Å²) in [6.07, 6.45) is 82.5. The van der Waals surface area contributed by atoms with E-state index in [0.29, 0.717) is 6.42 Å². The van der Waals surface area contributed by atoms with Crippen molar-refractivity contribution < 1.29 is 15.0 Å². The smallest absolute Gasteiger partial charge is 0.220 e. The van der Waals surface area contributed by atoms with Crippen molar-refractivity contribution in [2.75, 3.05) is 6.61 Å². The van der Waals surface area contributed by atoms with Crippen LogP contribution in [0.25, 0.3) is 0 Å². The Bertz CT molecular complexity index is 1010. The van der Waals surface area contributed by atoms with Gasteiger partial charge in [0.1, 0.15) is 0 Å².